The zero-order valence-electron chi connectivity index (χ0n) is 13.0. The first kappa shape index (κ1) is 17.0. The lowest BCUT2D eigenvalue weighted by molar-refractivity contribution is 0.298. The fourth-order valence-corrected chi connectivity index (χ4v) is 2.21. The van der Waals surface area contributed by atoms with Gasteiger partial charge in [-0.15, -0.1) is 0 Å². The second-order valence-electron chi connectivity index (χ2n) is 5.31. The van der Waals surface area contributed by atoms with E-state index in [9.17, 15) is 4.39 Å². The minimum Gasteiger partial charge on any atom is -0.493 e. The molecule has 1 atom stereocenters. The molecule has 0 aliphatic heterocycles. The van der Waals surface area contributed by atoms with Crippen LogP contribution in [-0.2, 0) is 0 Å². The van der Waals surface area contributed by atoms with Gasteiger partial charge in [-0.05, 0) is 38.6 Å². The SMILES string of the molecule is CCCCCCCCOc1ccc(F)cc1C(C)NC. The van der Waals surface area contributed by atoms with E-state index in [0.29, 0.717) is 6.61 Å². The van der Waals surface area contributed by atoms with Gasteiger partial charge in [-0.2, -0.15) is 0 Å². The van der Waals surface area contributed by atoms with E-state index in [1.165, 1.54) is 38.2 Å². The summed E-state index contributed by atoms with van der Waals surface area (Å²) in [6, 6.07) is 4.83. The summed E-state index contributed by atoms with van der Waals surface area (Å²) in [5.74, 6) is 0.579. The van der Waals surface area contributed by atoms with Crippen LogP contribution in [0.4, 0.5) is 4.39 Å². The third-order valence-corrected chi connectivity index (χ3v) is 3.63. The van der Waals surface area contributed by atoms with E-state index in [-0.39, 0.29) is 11.9 Å². The van der Waals surface area contributed by atoms with E-state index in [1.807, 2.05) is 14.0 Å². The highest BCUT2D eigenvalue weighted by Crippen LogP contribution is 2.26. The maximum atomic E-state index is 13.3. The second-order valence-corrected chi connectivity index (χ2v) is 5.31. The van der Waals surface area contributed by atoms with Gasteiger partial charge >= 0.3 is 0 Å². The predicted octanol–water partition coefficient (Wildman–Crippen LogP) is 4.85. The number of hydrogen-bond acceptors (Lipinski definition) is 2. The minimum atomic E-state index is -0.214. The normalized spacial score (nSPS) is 12.4. The molecule has 20 heavy (non-hydrogen) atoms. The van der Waals surface area contributed by atoms with Crippen LogP contribution < -0.4 is 10.1 Å². The Morgan fingerprint density at radius 1 is 1.15 bits per heavy atom. The minimum absolute atomic E-state index is 0.0882. The first-order chi connectivity index (χ1) is 9.69. The Hall–Kier alpha value is -1.09. The Bertz CT molecular complexity index is 381. The standard InChI is InChI=1S/C17H28FNO/c1-4-5-6-7-8-9-12-20-17-11-10-15(18)13-16(17)14(2)19-3/h10-11,13-14,19H,4-9,12H2,1-3H3. The van der Waals surface area contributed by atoms with Crippen LogP contribution in [0.2, 0.25) is 0 Å². The highest BCUT2D eigenvalue weighted by atomic mass is 19.1. The molecule has 3 heteroatoms. The first-order valence-corrected chi connectivity index (χ1v) is 7.78. The van der Waals surface area contributed by atoms with Gasteiger partial charge in [0.1, 0.15) is 11.6 Å². The molecule has 1 N–H and O–H groups in total. The third-order valence-electron chi connectivity index (χ3n) is 3.63. The Balaban J connectivity index is 2.39. The number of rotatable bonds is 10. The van der Waals surface area contributed by atoms with Crippen molar-refractivity contribution in [2.45, 2.75) is 58.4 Å². The van der Waals surface area contributed by atoms with E-state index in [0.717, 1.165) is 17.7 Å². The van der Waals surface area contributed by atoms with Crippen molar-refractivity contribution in [2.24, 2.45) is 0 Å². The van der Waals surface area contributed by atoms with Gasteiger partial charge in [0.15, 0.2) is 0 Å². The van der Waals surface area contributed by atoms with Gasteiger partial charge in [0.2, 0.25) is 0 Å². The maximum Gasteiger partial charge on any atom is 0.124 e. The zero-order chi connectivity index (χ0) is 14.8. The summed E-state index contributed by atoms with van der Waals surface area (Å²) in [5.41, 5.74) is 0.887. The van der Waals surface area contributed by atoms with Crippen LogP contribution in [0.1, 0.15) is 64.0 Å². The van der Waals surface area contributed by atoms with Crippen molar-refractivity contribution in [2.75, 3.05) is 13.7 Å². The zero-order valence-corrected chi connectivity index (χ0v) is 13.0. The summed E-state index contributed by atoms with van der Waals surface area (Å²) >= 11 is 0. The molecule has 1 aromatic carbocycles. The van der Waals surface area contributed by atoms with Gasteiger partial charge < -0.3 is 10.1 Å². The van der Waals surface area contributed by atoms with Crippen molar-refractivity contribution >= 4 is 0 Å². The Kier molecular flexibility index (Phi) is 8.28. The largest absolute Gasteiger partial charge is 0.493 e. The van der Waals surface area contributed by atoms with E-state index in [4.69, 9.17) is 4.74 Å². The average Bonchev–Trinajstić information content (AvgIpc) is 2.46. The van der Waals surface area contributed by atoms with Crippen molar-refractivity contribution in [1.82, 2.24) is 5.32 Å². The van der Waals surface area contributed by atoms with E-state index >= 15 is 0 Å². The fourth-order valence-electron chi connectivity index (χ4n) is 2.21. The van der Waals surface area contributed by atoms with Crippen LogP contribution in [0.3, 0.4) is 0 Å². The Morgan fingerprint density at radius 3 is 2.55 bits per heavy atom. The summed E-state index contributed by atoms with van der Waals surface area (Å²) in [6.45, 7) is 4.94. The van der Waals surface area contributed by atoms with E-state index in [1.54, 1.807) is 12.1 Å². The maximum absolute atomic E-state index is 13.3. The summed E-state index contributed by atoms with van der Waals surface area (Å²) in [7, 11) is 1.87. The molecule has 2 nitrogen and oxygen atoms in total. The summed E-state index contributed by atoms with van der Waals surface area (Å²) < 4.78 is 19.1. The Morgan fingerprint density at radius 2 is 1.85 bits per heavy atom. The van der Waals surface area contributed by atoms with Gasteiger partial charge in [-0.1, -0.05) is 39.0 Å². The molecule has 0 aromatic heterocycles. The highest BCUT2D eigenvalue weighted by molar-refractivity contribution is 5.36. The van der Waals surface area contributed by atoms with Crippen LogP contribution in [0.25, 0.3) is 0 Å². The van der Waals surface area contributed by atoms with Gasteiger partial charge in [0, 0.05) is 11.6 Å². The molecule has 0 aliphatic carbocycles. The fraction of sp³-hybridized carbons (Fsp3) is 0.647. The number of nitrogens with one attached hydrogen (secondary N) is 1. The lowest BCUT2D eigenvalue weighted by atomic mass is 10.1. The van der Waals surface area contributed by atoms with Gasteiger partial charge in [-0.25, -0.2) is 4.39 Å². The topological polar surface area (TPSA) is 21.3 Å². The second kappa shape index (κ2) is 9.76. The number of unbranched alkanes of at least 4 members (excludes halogenated alkanes) is 5. The lowest BCUT2D eigenvalue weighted by Gasteiger charge is -2.16. The number of benzene rings is 1. The van der Waals surface area contributed by atoms with E-state index in [2.05, 4.69) is 12.2 Å². The molecule has 0 spiro atoms. The van der Waals surface area contributed by atoms with Crippen LogP contribution in [0.15, 0.2) is 18.2 Å². The third kappa shape index (κ3) is 5.91. The molecule has 0 saturated carbocycles. The van der Waals surface area contributed by atoms with Crippen molar-refractivity contribution in [1.29, 1.82) is 0 Å². The predicted molar refractivity (Wildman–Crippen MR) is 82.7 cm³/mol. The van der Waals surface area contributed by atoms with Gasteiger partial charge in [0.05, 0.1) is 6.61 Å². The molecule has 0 saturated heterocycles. The molecular formula is C17H28FNO. The number of halogens is 1. The van der Waals surface area contributed by atoms with Crippen LogP contribution in [0, 0.1) is 5.82 Å². The molecule has 0 fully saturated rings. The summed E-state index contributed by atoms with van der Waals surface area (Å²) in [6.07, 6.45) is 7.46. The van der Waals surface area contributed by atoms with Crippen LogP contribution in [-0.4, -0.2) is 13.7 Å². The molecular weight excluding hydrogens is 253 g/mol. The van der Waals surface area contributed by atoms with E-state index < -0.39 is 0 Å². The number of ether oxygens (including phenoxy) is 1. The van der Waals surface area contributed by atoms with Gasteiger partial charge in [-0.3, -0.25) is 0 Å². The Labute approximate surface area is 122 Å². The molecule has 1 rings (SSSR count). The van der Waals surface area contributed by atoms with Crippen LogP contribution >= 0.6 is 0 Å². The monoisotopic (exact) mass is 281 g/mol. The number of hydrogen-bond donors (Lipinski definition) is 1. The van der Waals surface area contributed by atoms with Crippen molar-refractivity contribution < 1.29 is 9.13 Å². The average molecular weight is 281 g/mol. The molecule has 0 aliphatic rings. The van der Waals surface area contributed by atoms with Crippen molar-refractivity contribution in [3.63, 3.8) is 0 Å². The quantitative estimate of drug-likeness (QED) is 0.619. The first-order valence-electron chi connectivity index (χ1n) is 7.78. The molecule has 114 valence electrons. The summed E-state index contributed by atoms with van der Waals surface area (Å²) in [5, 5.41) is 3.13. The molecule has 0 heterocycles. The molecule has 0 amide bonds. The van der Waals surface area contributed by atoms with Crippen LogP contribution in [0.5, 0.6) is 5.75 Å². The molecule has 0 radical (unpaired) electrons. The summed E-state index contributed by atoms with van der Waals surface area (Å²) in [4.78, 5) is 0. The van der Waals surface area contributed by atoms with Crippen molar-refractivity contribution in [3.05, 3.63) is 29.6 Å². The van der Waals surface area contributed by atoms with Crippen molar-refractivity contribution in [3.8, 4) is 5.75 Å². The molecule has 1 unspecified atom stereocenters. The lowest BCUT2D eigenvalue weighted by Crippen LogP contribution is -2.14. The smallest absolute Gasteiger partial charge is 0.124 e. The highest BCUT2D eigenvalue weighted by Gasteiger charge is 2.11. The molecule has 0 bridgehead atoms. The van der Waals surface area contributed by atoms with Gasteiger partial charge in [0.25, 0.3) is 0 Å². The molecule has 1 aromatic rings.